The smallest absolute Gasteiger partial charge is 0.314 e. The van der Waals surface area contributed by atoms with E-state index in [1.165, 1.54) is 23.3 Å². The molecule has 2 aromatic carbocycles. The summed E-state index contributed by atoms with van der Waals surface area (Å²) in [5.74, 6) is -3.64. The van der Waals surface area contributed by atoms with Gasteiger partial charge in [-0.15, -0.1) is 0 Å². The highest BCUT2D eigenvalue weighted by atomic mass is 35.5. The second-order valence-corrected chi connectivity index (χ2v) is 7.70. The summed E-state index contributed by atoms with van der Waals surface area (Å²) in [6, 6.07) is 5.86. The molecule has 2 aromatic rings. The Kier molecular flexibility index (Phi) is 10.2. The lowest BCUT2D eigenvalue weighted by atomic mass is 9.98. The second kappa shape index (κ2) is 12.6. The van der Waals surface area contributed by atoms with E-state index >= 15 is 0 Å². The lowest BCUT2D eigenvalue weighted by molar-refractivity contribution is -0.907. The first kappa shape index (κ1) is 26.7. The molecule has 0 radical (unpaired) electrons. The molecule has 3 rings (SSSR count). The standard InChI is InChI=1S/C24H25F4NO3.ClH/c1-2-32-24(30)16-4-3-9-29(14-16)10-11-31-15-21(19-7-5-17(25)12-22(19)27)20-8-6-18(26)13-23(20)28;/h5-8,12-13,15-16H,2-4,9-11,14H2,1H3;1H/t16-;/m1./s1. The SMILES string of the molecule is CCOC(=O)[C@@H]1CCC[NH+](CCOC=C(c2ccc(F)cc2F)c2ccc(F)cc2F)C1.[Cl-]. The first-order valence-corrected chi connectivity index (χ1v) is 10.6. The molecule has 33 heavy (non-hydrogen) atoms. The van der Waals surface area contributed by atoms with Crippen LogP contribution >= 0.6 is 0 Å². The summed E-state index contributed by atoms with van der Waals surface area (Å²) in [5.41, 5.74) is -0.0905. The zero-order valence-electron chi connectivity index (χ0n) is 18.2. The van der Waals surface area contributed by atoms with Crippen LogP contribution in [0.1, 0.15) is 30.9 Å². The number of carbonyl (C=O) groups excluding carboxylic acids is 1. The van der Waals surface area contributed by atoms with Crippen LogP contribution < -0.4 is 17.3 Å². The fourth-order valence-electron chi connectivity index (χ4n) is 3.87. The van der Waals surface area contributed by atoms with Crippen molar-refractivity contribution in [2.45, 2.75) is 19.8 Å². The number of benzene rings is 2. The Morgan fingerprint density at radius 2 is 1.67 bits per heavy atom. The number of esters is 1. The van der Waals surface area contributed by atoms with Gasteiger partial charge in [-0.2, -0.15) is 0 Å². The Morgan fingerprint density at radius 1 is 1.06 bits per heavy atom. The Labute approximate surface area is 196 Å². The van der Waals surface area contributed by atoms with E-state index < -0.39 is 23.3 Å². The number of piperidine rings is 1. The Bertz CT molecular complexity index is 933. The van der Waals surface area contributed by atoms with Gasteiger partial charge in [0.25, 0.3) is 0 Å². The molecule has 180 valence electrons. The number of carbonyl (C=O) groups is 1. The Morgan fingerprint density at radius 3 is 2.21 bits per heavy atom. The van der Waals surface area contributed by atoms with Crippen LogP contribution in [0.3, 0.4) is 0 Å². The molecule has 0 saturated carbocycles. The number of likely N-dealkylation sites (tertiary alicyclic amines) is 1. The van der Waals surface area contributed by atoms with Crippen LogP contribution in [0.2, 0.25) is 0 Å². The van der Waals surface area contributed by atoms with Gasteiger partial charge in [0.15, 0.2) is 0 Å². The van der Waals surface area contributed by atoms with E-state index in [1.54, 1.807) is 6.92 Å². The minimum absolute atomic E-state index is 0. The number of halogens is 5. The normalized spacial score (nSPS) is 17.6. The summed E-state index contributed by atoms with van der Waals surface area (Å²) < 4.78 is 66.2. The maximum atomic E-state index is 14.4. The molecule has 0 bridgehead atoms. The van der Waals surface area contributed by atoms with E-state index in [0.29, 0.717) is 31.8 Å². The van der Waals surface area contributed by atoms with Crippen LogP contribution in [0.15, 0.2) is 42.7 Å². The summed E-state index contributed by atoms with van der Waals surface area (Å²) in [4.78, 5) is 13.2. The lowest BCUT2D eigenvalue weighted by Gasteiger charge is -2.28. The molecule has 0 aliphatic carbocycles. The number of nitrogens with one attached hydrogen (secondary N) is 1. The highest BCUT2D eigenvalue weighted by Crippen LogP contribution is 2.28. The van der Waals surface area contributed by atoms with Crippen LogP contribution in [0.4, 0.5) is 17.6 Å². The molecule has 1 saturated heterocycles. The molecular weight excluding hydrogens is 462 g/mol. The van der Waals surface area contributed by atoms with Crippen molar-refractivity contribution in [1.82, 2.24) is 0 Å². The highest BCUT2D eigenvalue weighted by Gasteiger charge is 2.29. The van der Waals surface area contributed by atoms with E-state index in [2.05, 4.69) is 0 Å². The van der Waals surface area contributed by atoms with Crippen LogP contribution in [0.5, 0.6) is 0 Å². The molecule has 0 spiro atoms. The van der Waals surface area contributed by atoms with Crippen molar-refractivity contribution in [2.75, 3.05) is 32.8 Å². The van der Waals surface area contributed by atoms with Gasteiger partial charge in [0.1, 0.15) is 42.3 Å². The van der Waals surface area contributed by atoms with Gasteiger partial charge in [0.2, 0.25) is 0 Å². The summed E-state index contributed by atoms with van der Waals surface area (Å²) in [5, 5.41) is 0. The fraction of sp³-hybridized carbons (Fsp3) is 0.375. The highest BCUT2D eigenvalue weighted by molar-refractivity contribution is 5.79. The lowest BCUT2D eigenvalue weighted by Crippen LogP contribution is -3.14. The van der Waals surface area contributed by atoms with Gasteiger partial charge in [-0.1, -0.05) is 0 Å². The predicted molar refractivity (Wildman–Crippen MR) is 111 cm³/mol. The third kappa shape index (κ3) is 7.20. The van der Waals surface area contributed by atoms with Crippen molar-refractivity contribution >= 4 is 11.5 Å². The molecule has 1 unspecified atom stereocenters. The van der Waals surface area contributed by atoms with Crippen molar-refractivity contribution in [2.24, 2.45) is 5.92 Å². The Balaban J connectivity index is 0.00000385. The minimum atomic E-state index is -0.887. The summed E-state index contributed by atoms with van der Waals surface area (Å²) in [6.45, 7) is 4.46. The second-order valence-electron chi connectivity index (χ2n) is 7.70. The molecular formula is C24H26ClF4NO3. The maximum Gasteiger partial charge on any atom is 0.314 e. The first-order chi connectivity index (χ1) is 15.4. The topological polar surface area (TPSA) is 40.0 Å². The van der Waals surface area contributed by atoms with E-state index in [1.807, 2.05) is 0 Å². The molecule has 1 aliphatic heterocycles. The van der Waals surface area contributed by atoms with Crippen molar-refractivity contribution < 1.29 is 49.1 Å². The number of ether oxygens (including phenoxy) is 2. The van der Waals surface area contributed by atoms with Crippen molar-refractivity contribution in [1.29, 1.82) is 0 Å². The summed E-state index contributed by atoms with van der Waals surface area (Å²) in [6.07, 6.45) is 2.89. The van der Waals surface area contributed by atoms with Crippen molar-refractivity contribution in [3.8, 4) is 0 Å². The quantitative estimate of drug-likeness (QED) is 0.255. The zero-order chi connectivity index (χ0) is 23.1. The first-order valence-electron chi connectivity index (χ1n) is 10.6. The molecule has 1 fully saturated rings. The fourth-order valence-corrected chi connectivity index (χ4v) is 3.87. The van der Waals surface area contributed by atoms with E-state index in [-0.39, 0.29) is 47.6 Å². The molecule has 4 nitrogen and oxygen atoms in total. The van der Waals surface area contributed by atoms with Crippen molar-refractivity contribution in [3.05, 3.63) is 77.1 Å². The van der Waals surface area contributed by atoms with Gasteiger partial charge >= 0.3 is 5.97 Å². The molecule has 1 aliphatic rings. The predicted octanol–water partition coefficient (Wildman–Crippen LogP) is 0.511. The molecule has 0 amide bonds. The molecule has 1 heterocycles. The van der Waals surface area contributed by atoms with Crippen LogP contribution in [-0.4, -0.2) is 38.8 Å². The maximum absolute atomic E-state index is 14.4. The van der Waals surface area contributed by atoms with Gasteiger partial charge in [-0.25, -0.2) is 17.6 Å². The van der Waals surface area contributed by atoms with Gasteiger partial charge in [0.05, 0.1) is 26.0 Å². The Hall–Kier alpha value is -2.58. The third-order valence-corrected chi connectivity index (χ3v) is 5.46. The average Bonchev–Trinajstić information content (AvgIpc) is 2.75. The van der Waals surface area contributed by atoms with Gasteiger partial charge in [-0.3, -0.25) is 4.79 Å². The molecule has 0 aromatic heterocycles. The molecule has 1 N–H and O–H groups in total. The summed E-state index contributed by atoms with van der Waals surface area (Å²) >= 11 is 0. The molecule has 2 atom stereocenters. The largest absolute Gasteiger partial charge is 1.00 e. The van der Waals surface area contributed by atoms with E-state index in [4.69, 9.17) is 9.47 Å². The monoisotopic (exact) mass is 487 g/mol. The summed E-state index contributed by atoms with van der Waals surface area (Å²) in [7, 11) is 0. The minimum Gasteiger partial charge on any atom is -1.00 e. The van der Waals surface area contributed by atoms with Gasteiger partial charge in [0, 0.05) is 28.8 Å². The number of hydrogen-bond donors (Lipinski definition) is 1. The molecule has 9 heteroatoms. The number of quaternary nitrogens is 1. The van der Waals surface area contributed by atoms with Crippen LogP contribution in [0, 0.1) is 29.2 Å². The van der Waals surface area contributed by atoms with Crippen LogP contribution in [0.25, 0.3) is 5.57 Å². The number of rotatable bonds is 8. The van der Waals surface area contributed by atoms with Gasteiger partial charge < -0.3 is 26.8 Å². The van der Waals surface area contributed by atoms with Crippen LogP contribution in [-0.2, 0) is 14.3 Å². The van der Waals surface area contributed by atoms with Crippen molar-refractivity contribution in [3.63, 3.8) is 0 Å². The zero-order valence-corrected chi connectivity index (χ0v) is 18.9. The van der Waals surface area contributed by atoms with E-state index in [0.717, 1.165) is 31.5 Å². The third-order valence-electron chi connectivity index (χ3n) is 5.46. The van der Waals surface area contributed by atoms with Gasteiger partial charge in [-0.05, 0) is 44.0 Å². The van der Waals surface area contributed by atoms with E-state index in [9.17, 15) is 22.4 Å². The number of hydrogen-bond acceptors (Lipinski definition) is 3. The average molecular weight is 488 g/mol.